The first-order valence-electron chi connectivity index (χ1n) is 11.4. The number of hydrogen-bond acceptors (Lipinski definition) is 16. The number of anilines is 4. The van der Waals surface area contributed by atoms with Gasteiger partial charge in [0.1, 0.15) is 0 Å². The monoisotopic (exact) mass is 574 g/mol. The van der Waals surface area contributed by atoms with Crippen LogP contribution in [0.2, 0.25) is 0 Å². The lowest BCUT2D eigenvalue weighted by Crippen LogP contribution is -2.26. The van der Waals surface area contributed by atoms with Crippen molar-refractivity contribution in [2.45, 2.75) is 51.9 Å². The van der Waals surface area contributed by atoms with Crippen LogP contribution in [0.15, 0.2) is 20.9 Å². The highest BCUT2D eigenvalue weighted by molar-refractivity contribution is 9.26. The molecule has 0 unspecified atom stereocenters. The summed E-state index contributed by atoms with van der Waals surface area (Å²) in [6.07, 6.45) is 0. The van der Waals surface area contributed by atoms with E-state index in [0.29, 0.717) is 61.5 Å². The summed E-state index contributed by atoms with van der Waals surface area (Å²) in [5, 5.41) is 9.28. The molecule has 0 N–H and O–H groups in total. The summed E-state index contributed by atoms with van der Waals surface area (Å²) in [6, 6.07) is 0. The van der Waals surface area contributed by atoms with E-state index in [1.807, 2.05) is 37.5 Å². The van der Waals surface area contributed by atoms with Gasteiger partial charge in [0.25, 0.3) is 11.9 Å². The minimum Gasteiger partial charge on any atom is -0.341 e. The van der Waals surface area contributed by atoms with Crippen molar-refractivity contribution in [3.8, 4) is 0 Å². The fraction of sp³-hybridized carbons (Fsp3) is 0.667. The molecular weight excluding hydrogens is 545 g/mol. The maximum absolute atomic E-state index is 11.2. The number of rotatable bonds is 17. The fourth-order valence-corrected chi connectivity index (χ4v) is 7.56. The molecule has 18 heteroatoms. The molecule has 2 heterocycles. The van der Waals surface area contributed by atoms with Gasteiger partial charge < -0.3 is 9.80 Å². The molecule has 0 fully saturated rings. The molecule has 2 aromatic rings. The predicted molar refractivity (Wildman–Crippen MR) is 151 cm³/mol. The molecule has 36 heavy (non-hydrogen) atoms. The topological polar surface area (TPSA) is 149 Å². The van der Waals surface area contributed by atoms with E-state index in [1.54, 1.807) is 13.8 Å². The zero-order chi connectivity index (χ0) is 26.5. The molecule has 2 aromatic heterocycles. The molecule has 0 saturated heterocycles. The molecule has 0 saturated carbocycles. The second-order valence-corrected chi connectivity index (χ2v) is 12.3. The Balaban J connectivity index is 2.19. The van der Waals surface area contributed by atoms with Crippen LogP contribution in [0.1, 0.15) is 41.5 Å². The average Bonchev–Trinajstić information content (AvgIpc) is 2.89. The van der Waals surface area contributed by atoms with Gasteiger partial charge in [-0.25, -0.2) is 0 Å². The Morgan fingerprint density at radius 2 is 0.861 bits per heavy atom. The van der Waals surface area contributed by atoms with Gasteiger partial charge in [0.05, 0.1) is 10.6 Å². The van der Waals surface area contributed by atoms with E-state index in [-0.39, 0.29) is 11.9 Å². The fourth-order valence-electron chi connectivity index (χ4n) is 2.83. The van der Waals surface area contributed by atoms with E-state index >= 15 is 0 Å². The third kappa shape index (κ3) is 8.17. The van der Waals surface area contributed by atoms with Gasteiger partial charge in [0.15, 0.2) is 0 Å². The highest BCUT2D eigenvalue weighted by atomic mass is 33.7. The van der Waals surface area contributed by atoms with Gasteiger partial charge in [0.2, 0.25) is 22.2 Å². The minimum atomic E-state index is 0.206. The Bertz CT molecular complexity index is 906. The SMILES string of the molecule is CCN(CC)c1nc(SSSSc2nc(N(CC)CC)nc(N(CC)N=O)n2)nc(N(CC)N=O)n1. The third-order valence-electron chi connectivity index (χ3n) is 4.78. The quantitative estimate of drug-likeness (QED) is 0.109. The van der Waals surface area contributed by atoms with E-state index in [4.69, 9.17) is 0 Å². The lowest BCUT2D eigenvalue weighted by Gasteiger charge is -2.20. The maximum atomic E-state index is 11.2. The highest BCUT2D eigenvalue weighted by Crippen LogP contribution is 2.48. The van der Waals surface area contributed by atoms with Crippen molar-refractivity contribution in [2.75, 3.05) is 59.1 Å². The maximum Gasteiger partial charge on any atom is 0.254 e. The van der Waals surface area contributed by atoms with E-state index in [1.165, 1.54) is 51.3 Å². The molecule has 0 aliphatic carbocycles. The van der Waals surface area contributed by atoms with Gasteiger partial charge >= 0.3 is 0 Å². The Morgan fingerprint density at radius 3 is 1.14 bits per heavy atom. The van der Waals surface area contributed by atoms with Crippen molar-refractivity contribution in [1.29, 1.82) is 0 Å². The van der Waals surface area contributed by atoms with Crippen LogP contribution in [-0.4, -0.2) is 69.2 Å². The lowest BCUT2D eigenvalue weighted by atomic mass is 10.5. The molecule has 0 aliphatic heterocycles. The summed E-state index contributed by atoms with van der Waals surface area (Å²) in [6.45, 7) is 15.1. The number of nitroso groups, excluding NO2 is 2. The third-order valence-corrected chi connectivity index (χ3v) is 10.3. The summed E-state index contributed by atoms with van der Waals surface area (Å²) in [5.41, 5.74) is 0. The average molecular weight is 575 g/mol. The largest absolute Gasteiger partial charge is 0.341 e. The molecule has 0 aromatic carbocycles. The second-order valence-electron chi connectivity index (χ2n) is 6.68. The van der Waals surface area contributed by atoms with E-state index in [0.717, 1.165) is 0 Å². The van der Waals surface area contributed by atoms with Crippen LogP contribution in [0.4, 0.5) is 23.8 Å². The molecule has 14 nitrogen and oxygen atoms in total. The van der Waals surface area contributed by atoms with Crippen LogP contribution in [0, 0.1) is 9.81 Å². The molecule has 0 spiro atoms. The smallest absolute Gasteiger partial charge is 0.254 e. The van der Waals surface area contributed by atoms with Crippen molar-refractivity contribution in [3.05, 3.63) is 9.81 Å². The summed E-state index contributed by atoms with van der Waals surface area (Å²) < 4.78 is 0. The lowest BCUT2D eigenvalue weighted by molar-refractivity contribution is 0.750. The predicted octanol–water partition coefficient (Wildman–Crippen LogP) is 4.86. The number of aromatic nitrogens is 6. The van der Waals surface area contributed by atoms with Crippen molar-refractivity contribution in [3.63, 3.8) is 0 Å². The van der Waals surface area contributed by atoms with Crippen LogP contribution < -0.4 is 19.8 Å². The first-order chi connectivity index (χ1) is 17.5. The van der Waals surface area contributed by atoms with Gasteiger partial charge in [-0.2, -0.15) is 39.9 Å². The highest BCUT2D eigenvalue weighted by Gasteiger charge is 2.18. The minimum absolute atomic E-state index is 0.206. The Hall–Kier alpha value is -2.18. The zero-order valence-electron chi connectivity index (χ0n) is 21.1. The van der Waals surface area contributed by atoms with Gasteiger partial charge in [0, 0.05) is 39.3 Å². The van der Waals surface area contributed by atoms with Gasteiger partial charge in [-0.15, -0.1) is 9.81 Å². The van der Waals surface area contributed by atoms with E-state index in [9.17, 15) is 9.81 Å². The van der Waals surface area contributed by atoms with Crippen molar-refractivity contribution < 1.29 is 0 Å². The normalized spacial score (nSPS) is 10.7. The van der Waals surface area contributed by atoms with E-state index < -0.39 is 0 Å². The standard InChI is InChI=1S/C18H30N12O2S4/c1-7-27(8-2)13-19-15(29(11-5)25-31)23-17(21-13)33-35-36-34-18-22-14(28(9-3)10-4)20-16(24-18)30(12-6)26-32/h7-12H2,1-6H3. The molecule has 2 rings (SSSR count). The second kappa shape index (κ2) is 15.8. The first-order valence-corrected chi connectivity index (χ1v) is 16.2. The van der Waals surface area contributed by atoms with Gasteiger partial charge in [-0.3, -0.25) is 0 Å². The van der Waals surface area contributed by atoms with Crippen LogP contribution in [0.5, 0.6) is 0 Å². The van der Waals surface area contributed by atoms with Crippen LogP contribution in [-0.2, 0) is 0 Å². The van der Waals surface area contributed by atoms with Crippen LogP contribution in [0.25, 0.3) is 0 Å². The molecule has 0 amide bonds. The number of hydrogen-bond donors (Lipinski definition) is 0. The van der Waals surface area contributed by atoms with Crippen LogP contribution in [0.3, 0.4) is 0 Å². The summed E-state index contributed by atoms with van der Waals surface area (Å²) in [4.78, 5) is 53.1. The Morgan fingerprint density at radius 1 is 0.528 bits per heavy atom. The molecule has 0 atom stereocenters. The molecule has 0 bridgehead atoms. The molecule has 0 aliphatic rings. The van der Waals surface area contributed by atoms with E-state index in [2.05, 4.69) is 40.5 Å². The summed E-state index contributed by atoms with van der Waals surface area (Å²) in [5.74, 6) is 1.38. The van der Waals surface area contributed by atoms with Gasteiger partial charge in [-0.1, -0.05) is 0 Å². The zero-order valence-corrected chi connectivity index (χ0v) is 24.3. The Labute approximate surface area is 225 Å². The van der Waals surface area contributed by atoms with Crippen LogP contribution >= 0.6 is 41.2 Å². The Kier molecular flexibility index (Phi) is 13.2. The summed E-state index contributed by atoms with van der Waals surface area (Å²) in [7, 11) is 5.46. The van der Waals surface area contributed by atoms with Gasteiger partial charge in [-0.05, 0) is 82.8 Å². The molecule has 0 radical (unpaired) electrons. The molecule has 198 valence electrons. The van der Waals surface area contributed by atoms with Crippen molar-refractivity contribution in [1.82, 2.24) is 29.9 Å². The number of nitrogens with zero attached hydrogens (tertiary/aromatic N) is 12. The van der Waals surface area contributed by atoms with Crippen molar-refractivity contribution >= 4 is 65.0 Å². The molecular formula is C18H30N12O2S4. The first kappa shape index (κ1) is 30.0. The van der Waals surface area contributed by atoms with Crippen molar-refractivity contribution in [2.24, 2.45) is 10.6 Å². The summed E-state index contributed by atoms with van der Waals surface area (Å²) >= 11 is 0.